The van der Waals surface area contributed by atoms with Crippen molar-refractivity contribution >= 4 is 5.84 Å². The van der Waals surface area contributed by atoms with Gasteiger partial charge in [0.15, 0.2) is 0 Å². The maximum atomic E-state index is 5.29. The number of methoxy groups -OCH3 is 1. The van der Waals surface area contributed by atoms with Gasteiger partial charge in [-0.05, 0) is 66.1 Å². The van der Waals surface area contributed by atoms with E-state index in [1.807, 2.05) is 12.1 Å². The quantitative estimate of drug-likeness (QED) is 0.940. The molecule has 4 rings (SSSR count). The lowest BCUT2D eigenvalue weighted by Crippen LogP contribution is -2.21. The van der Waals surface area contributed by atoms with E-state index < -0.39 is 0 Å². The van der Waals surface area contributed by atoms with Crippen LogP contribution in [0, 0.1) is 0 Å². The van der Waals surface area contributed by atoms with Gasteiger partial charge in [0.25, 0.3) is 0 Å². The molecule has 3 heteroatoms. The van der Waals surface area contributed by atoms with Crippen LogP contribution in [0.2, 0.25) is 0 Å². The van der Waals surface area contributed by atoms with Crippen LogP contribution in [0.15, 0.2) is 41.4 Å². The molecule has 3 nitrogen and oxygen atoms in total. The minimum absolute atomic E-state index is 0.870. The van der Waals surface area contributed by atoms with Crippen molar-refractivity contribution in [1.82, 2.24) is 5.32 Å². The molecule has 0 saturated carbocycles. The second kappa shape index (κ2) is 6.07. The van der Waals surface area contributed by atoms with Gasteiger partial charge in [-0.15, -0.1) is 0 Å². The SMILES string of the molecule is COc1ccc(-c2cc3c(cc2C2=NCCN2)CCCC3)cc1. The Morgan fingerprint density at radius 3 is 2.26 bits per heavy atom. The largest absolute Gasteiger partial charge is 0.497 e. The van der Waals surface area contributed by atoms with E-state index in [1.165, 1.54) is 53.5 Å². The lowest BCUT2D eigenvalue weighted by Gasteiger charge is -2.20. The molecule has 0 atom stereocenters. The molecule has 0 aromatic heterocycles. The van der Waals surface area contributed by atoms with Crippen LogP contribution < -0.4 is 10.1 Å². The number of rotatable bonds is 3. The lowest BCUT2D eigenvalue weighted by molar-refractivity contribution is 0.415. The fourth-order valence-corrected chi connectivity index (χ4v) is 3.57. The highest BCUT2D eigenvalue weighted by atomic mass is 16.5. The zero-order chi connectivity index (χ0) is 15.6. The third kappa shape index (κ3) is 2.72. The number of hydrogen-bond donors (Lipinski definition) is 1. The summed E-state index contributed by atoms with van der Waals surface area (Å²) in [7, 11) is 1.70. The lowest BCUT2D eigenvalue weighted by atomic mass is 9.86. The Hall–Kier alpha value is -2.29. The topological polar surface area (TPSA) is 33.6 Å². The first-order chi connectivity index (χ1) is 11.3. The monoisotopic (exact) mass is 306 g/mol. The summed E-state index contributed by atoms with van der Waals surface area (Å²) in [5.74, 6) is 1.94. The van der Waals surface area contributed by atoms with Crippen LogP contribution in [0.4, 0.5) is 0 Å². The van der Waals surface area contributed by atoms with Gasteiger partial charge in [0.2, 0.25) is 0 Å². The normalized spacial score (nSPS) is 16.5. The molecule has 2 aromatic carbocycles. The maximum absolute atomic E-state index is 5.29. The first-order valence-electron chi connectivity index (χ1n) is 8.44. The minimum atomic E-state index is 0.870. The molecule has 118 valence electrons. The highest BCUT2D eigenvalue weighted by Gasteiger charge is 2.19. The third-order valence-corrected chi connectivity index (χ3v) is 4.81. The number of fused-ring (bicyclic) bond motifs is 1. The second-order valence-corrected chi connectivity index (χ2v) is 6.26. The molecule has 0 radical (unpaired) electrons. The van der Waals surface area contributed by atoms with Gasteiger partial charge < -0.3 is 10.1 Å². The van der Waals surface area contributed by atoms with Crippen molar-refractivity contribution in [3.63, 3.8) is 0 Å². The molecule has 0 spiro atoms. The van der Waals surface area contributed by atoms with Gasteiger partial charge in [0, 0.05) is 12.1 Å². The molecule has 1 heterocycles. The van der Waals surface area contributed by atoms with Crippen molar-refractivity contribution in [3.05, 3.63) is 53.1 Å². The average Bonchev–Trinajstić information content (AvgIpc) is 3.15. The van der Waals surface area contributed by atoms with E-state index >= 15 is 0 Å². The van der Waals surface area contributed by atoms with Crippen LogP contribution in [0.1, 0.15) is 29.5 Å². The van der Waals surface area contributed by atoms with Crippen LogP contribution in [-0.4, -0.2) is 26.0 Å². The van der Waals surface area contributed by atoms with Crippen molar-refractivity contribution in [2.75, 3.05) is 20.2 Å². The Labute approximate surface area is 137 Å². The Bertz CT molecular complexity index is 747. The van der Waals surface area contributed by atoms with Gasteiger partial charge in [-0.25, -0.2) is 0 Å². The van der Waals surface area contributed by atoms with Crippen molar-refractivity contribution in [2.45, 2.75) is 25.7 Å². The molecule has 0 saturated heterocycles. The number of nitrogens with one attached hydrogen (secondary N) is 1. The minimum Gasteiger partial charge on any atom is -0.497 e. The fraction of sp³-hybridized carbons (Fsp3) is 0.350. The first kappa shape index (κ1) is 14.3. The third-order valence-electron chi connectivity index (χ3n) is 4.81. The molecular weight excluding hydrogens is 284 g/mol. The molecule has 1 aliphatic carbocycles. The first-order valence-corrected chi connectivity index (χ1v) is 8.44. The Kier molecular flexibility index (Phi) is 3.78. The summed E-state index contributed by atoms with van der Waals surface area (Å²) in [5, 5.41) is 3.44. The molecular formula is C20H22N2O. The van der Waals surface area contributed by atoms with Crippen LogP contribution in [0.5, 0.6) is 5.75 Å². The van der Waals surface area contributed by atoms with E-state index in [4.69, 9.17) is 4.74 Å². The van der Waals surface area contributed by atoms with E-state index in [0.29, 0.717) is 0 Å². The van der Waals surface area contributed by atoms with Crippen molar-refractivity contribution in [3.8, 4) is 16.9 Å². The van der Waals surface area contributed by atoms with Gasteiger partial charge >= 0.3 is 0 Å². The zero-order valence-electron chi connectivity index (χ0n) is 13.6. The Morgan fingerprint density at radius 1 is 0.957 bits per heavy atom. The van der Waals surface area contributed by atoms with E-state index in [0.717, 1.165) is 24.7 Å². The molecule has 0 unspecified atom stereocenters. The predicted octanol–water partition coefficient (Wildman–Crippen LogP) is 3.59. The summed E-state index contributed by atoms with van der Waals surface area (Å²) in [4.78, 5) is 4.66. The average molecular weight is 306 g/mol. The summed E-state index contributed by atoms with van der Waals surface area (Å²) >= 11 is 0. The van der Waals surface area contributed by atoms with Crippen LogP contribution in [0.25, 0.3) is 11.1 Å². The summed E-state index contributed by atoms with van der Waals surface area (Å²) in [6, 6.07) is 13.1. The van der Waals surface area contributed by atoms with Gasteiger partial charge in [-0.2, -0.15) is 0 Å². The van der Waals surface area contributed by atoms with E-state index in [9.17, 15) is 0 Å². The highest BCUT2D eigenvalue weighted by Crippen LogP contribution is 2.32. The fourth-order valence-electron chi connectivity index (χ4n) is 3.57. The summed E-state index contributed by atoms with van der Waals surface area (Å²) in [6.45, 7) is 1.81. The summed E-state index contributed by atoms with van der Waals surface area (Å²) < 4.78 is 5.29. The number of benzene rings is 2. The molecule has 1 N–H and O–H groups in total. The molecule has 2 aromatic rings. The predicted molar refractivity (Wildman–Crippen MR) is 94.5 cm³/mol. The van der Waals surface area contributed by atoms with E-state index in [2.05, 4.69) is 34.6 Å². The van der Waals surface area contributed by atoms with Gasteiger partial charge in [-0.1, -0.05) is 18.2 Å². The van der Waals surface area contributed by atoms with Crippen LogP contribution in [0.3, 0.4) is 0 Å². The van der Waals surface area contributed by atoms with Crippen molar-refractivity contribution < 1.29 is 4.74 Å². The second-order valence-electron chi connectivity index (χ2n) is 6.26. The molecule has 0 fully saturated rings. The Balaban J connectivity index is 1.84. The number of nitrogens with zero attached hydrogens (tertiary/aromatic N) is 1. The van der Waals surface area contributed by atoms with Crippen molar-refractivity contribution in [1.29, 1.82) is 0 Å². The van der Waals surface area contributed by atoms with Crippen LogP contribution >= 0.6 is 0 Å². The Morgan fingerprint density at radius 2 is 1.65 bits per heavy atom. The number of aliphatic imine (C=N–C) groups is 1. The van der Waals surface area contributed by atoms with E-state index in [-0.39, 0.29) is 0 Å². The van der Waals surface area contributed by atoms with Crippen LogP contribution in [-0.2, 0) is 12.8 Å². The molecule has 0 bridgehead atoms. The molecule has 1 aliphatic heterocycles. The van der Waals surface area contributed by atoms with Gasteiger partial charge in [0.1, 0.15) is 11.6 Å². The highest BCUT2D eigenvalue weighted by molar-refractivity contribution is 6.05. The maximum Gasteiger partial charge on any atom is 0.129 e. The standard InChI is InChI=1S/C20H22N2O/c1-23-17-8-6-14(7-9-17)18-12-15-4-2-3-5-16(15)13-19(18)20-21-10-11-22-20/h6-9,12-13H,2-5,10-11H2,1H3,(H,21,22). The molecule has 23 heavy (non-hydrogen) atoms. The summed E-state index contributed by atoms with van der Waals surface area (Å²) in [6.07, 6.45) is 4.99. The summed E-state index contributed by atoms with van der Waals surface area (Å²) in [5.41, 5.74) is 6.75. The number of aryl methyl sites for hydroxylation is 2. The number of ether oxygens (including phenoxy) is 1. The molecule has 2 aliphatic rings. The molecule has 0 amide bonds. The number of hydrogen-bond acceptors (Lipinski definition) is 3. The smallest absolute Gasteiger partial charge is 0.129 e. The number of amidine groups is 1. The van der Waals surface area contributed by atoms with Gasteiger partial charge in [-0.3, -0.25) is 4.99 Å². The van der Waals surface area contributed by atoms with E-state index in [1.54, 1.807) is 7.11 Å². The zero-order valence-corrected chi connectivity index (χ0v) is 13.6. The van der Waals surface area contributed by atoms with Gasteiger partial charge in [0.05, 0.1) is 13.7 Å². The van der Waals surface area contributed by atoms with Crippen molar-refractivity contribution in [2.24, 2.45) is 4.99 Å².